The topological polar surface area (TPSA) is 45.7 Å². The molecule has 2 fully saturated rings. The van der Waals surface area contributed by atoms with Gasteiger partial charge in [-0.05, 0) is 31.4 Å². The Balaban J connectivity index is 1.47. The van der Waals surface area contributed by atoms with Gasteiger partial charge in [-0.25, -0.2) is 4.98 Å². The average Bonchev–Trinajstić information content (AvgIpc) is 3.35. The molecule has 0 N–H and O–H groups in total. The molecule has 140 valence electrons. The molecular weight excluding hydrogens is 346 g/mol. The molecule has 1 saturated carbocycles. The first-order valence-corrected chi connectivity index (χ1v) is 10.6. The van der Waals surface area contributed by atoms with Crippen molar-refractivity contribution in [3.05, 3.63) is 24.3 Å². The van der Waals surface area contributed by atoms with Crippen molar-refractivity contribution in [2.45, 2.75) is 32.1 Å². The highest BCUT2D eigenvalue weighted by atomic mass is 32.1. The van der Waals surface area contributed by atoms with Gasteiger partial charge >= 0.3 is 0 Å². The van der Waals surface area contributed by atoms with Crippen LogP contribution in [0.1, 0.15) is 32.1 Å². The zero-order valence-electron chi connectivity index (χ0n) is 15.2. The van der Waals surface area contributed by atoms with Crippen LogP contribution in [0.25, 0.3) is 10.2 Å². The van der Waals surface area contributed by atoms with Crippen LogP contribution in [0.2, 0.25) is 0 Å². The maximum Gasteiger partial charge on any atom is 0.231 e. The minimum Gasteiger partial charge on any atom is -0.379 e. The van der Waals surface area contributed by atoms with Crippen molar-refractivity contribution >= 4 is 32.6 Å². The molecule has 0 spiro atoms. The number of para-hydroxylation sites is 1. The normalized spacial score (nSPS) is 19.2. The summed E-state index contributed by atoms with van der Waals surface area (Å²) in [5.74, 6) is 0.467. The summed E-state index contributed by atoms with van der Waals surface area (Å²) in [5, 5.41) is 0.866. The van der Waals surface area contributed by atoms with Crippen LogP contribution in [-0.4, -0.2) is 55.2 Å². The SMILES string of the molecule is O=C(C1CCCC1)N(CCCN1CCOCC1)c1nc2ccccc2s1. The molecule has 0 bridgehead atoms. The summed E-state index contributed by atoms with van der Waals surface area (Å²) in [6, 6.07) is 8.16. The van der Waals surface area contributed by atoms with Gasteiger partial charge in [0.1, 0.15) is 0 Å². The number of thiazole rings is 1. The first-order chi connectivity index (χ1) is 12.8. The van der Waals surface area contributed by atoms with Crippen molar-refractivity contribution < 1.29 is 9.53 Å². The van der Waals surface area contributed by atoms with E-state index in [0.29, 0.717) is 0 Å². The zero-order valence-corrected chi connectivity index (χ0v) is 16.0. The number of anilines is 1. The Labute approximate surface area is 159 Å². The number of aromatic nitrogens is 1. The number of morpholine rings is 1. The van der Waals surface area contributed by atoms with Crippen molar-refractivity contribution in [3.8, 4) is 0 Å². The van der Waals surface area contributed by atoms with Gasteiger partial charge in [-0.1, -0.05) is 36.3 Å². The number of hydrogen-bond acceptors (Lipinski definition) is 5. The van der Waals surface area contributed by atoms with Crippen LogP contribution < -0.4 is 4.90 Å². The van der Waals surface area contributed by atoms with Crippen LogP contribution in [0, 0.1) is 5.92 Å². The molecule has 1 aromatic heterocycles. The Morgan fingerprint density at radius 2 is 2.00 bits per heavy atom. The zero-order chi connectivity index (χ0) is 17.8. The molecular formula is C20H27N3O2S. The molecule has 1 amide bonds. The van der Waals surface area contributed by atoms with Crippen molar-refractivity contribution in [2.24, 2.45) is 5.92 Å². The Morgan fingerprint density at radius 1 is 1.23 bits per heavy atom. The quantitative estimate of drug-likeness (QED) is 0.777. The molecule has 1 aliphatic heterocycles. The fraction of sp³-hybridized carbons (Fsp3) is 0.600. The lowest BCUT2D eigenvalue weighted by atomic mass is 10.1. The van der Waals surface area contributed by atoms with E-state index < -0.39 is 0 Å². The molecule has 1 aromatic carbocycles. The van der Waals surface area contributed by atoms with Crippen LogP contribution >= 0.6 is 11.3 Å². The van der Waals surface area contributed by atoms with Gasteiger partial charge in [-0.15, -0.1) is 0 Å². The molecule has 5 nitrogen and oxygen atoms in total. The molecule has 0 radical (unpaired) electrons. The summed E-state index contributed by atoms with van der Waals surface area (Å²) in [5.41, 5.74) is 0.991. The third-order valence-corrected chi connectivity index (χ3v) is 6.50. The van der Waals surface area contributed by atoms with E-state index in [0.717, 1.165) is 74.0 Å². The number of carbonyl (C=O) groups excluding carboxylic acids is 1. The second-order valence-electron chi connectivity index (χ2n) is 7.24. The van der Waals surface area contributed by atoms with Gasteiger partial charge in [0.05, 0.1) is 23.4 Å². The summed E-state index contributed by atoms with van der Waals surface area (Å²) in [7, 11) is 0. The van der Waals surface area contributed by atoms with Gasteiger partial charge in [-0.2, -0.15) is 0 Å². The van der Waals surface area contributed by atoms with E-state index in [9.17, 15) is 4.79 Å². The van der Waals surface area contributed by atoms with E-state index in [-0.39, 0.29) is 11.8 Å². The van der Waals surface area contributed by atoms with Gasteiger partial charge in [-0.3, -0.25) is 14.6 Å². The van der Waals surface area contributed by atoms with E-state index in [4.69, 9.17) is 9.72 Å². The first-order valence-electron chi connectivity index (χ1n) is 9.78. The number of fused-ring (bicyclic) bond motifs is 1. The van der Waals surface area contributed by atoms with E-state index in [2.05, 4.69) is 11.0 Å². The van der Waals surface area contributed by atoms with Crippen molar-refractivity contribution in [2.75, 3.05) is 44.3 Å². The summed E-state index contributed by atoms with van der Waals surface area (Å²) >= 11 is 1.64. The number of carbonyl (C=O) groups is 1. The lowest BCUT2D eigenvalue weighted by Crippen LogP contribution is -2.40. The van der Waals surface area contributed by atoms with Gasteiger partial charge in [0.15, 0.2) is 5.13 Å². The summed E-state index contributed by atoms with van der Waals surface area (Å²) in [6.07, 6.45) is 5.40. The predicted octanol–water partition coefficient (Wildman–Crippen LogP) is 3.54. The van der Waals surface area contributed by atoms with Gasteiger partial charge in [0.2, 0.25) is 5.91 Å². The largest absolute Gasteiger partial charge is 0.379 e. The van der Waals surface area contributed by atoms with Crippen molar-refractivity contribution in [1.82, 2.24) is 9.88 Å². The van der Waals surface area contributed by atoms with E-state index in [1.807, 2.05) is 23.1 Å². The standard InChI is InChI=1S/C20H27N3O2S/c24-19(16-6-1-2-7-16)23(11-5-10-22-12-14-25-15-13-22)20-21-17-8-3-4-9-18(17)26-20/h3-4,8-9,16H,1-2,5-7,10-15H2. The Kier molecular flexibility index (Phi) is 5.82. The van der Waals surface area contributed by atoms with Crippen molar-refractivity contribution in [3.63, 3.8) is 0 Å². The fourth-order valence-corrected chi connectivity index (χ4v) is 4.94. The maximum absolute atomic E-state index is 13.2. The number of amides is 1. The molecule has 0 unspecified atom stereocenters. The molecule has 0 atom stereocenters. The number of ether oxygens (including phenoxy) is 1. The summed E-state index contributed by atoms with van der Waals surface area (Å²) < 4.78 is 6.57. The number of benzene rings is 1. The second-order valence-corrected chi connectivity index (χ2v) is 8.25. The number of nitrogens with zero attached hydrogens (tertiary/aromatic N) is 3. The molecule has 2 aromatic rings. The Bertz CT molecular complexity index is 702. The molecule has 6 heteroatoms. The van der Waals surface area contributed by atoms with E-state index in [1.54, 1.807) is 11.3 Å². The summed E-state index contributed by atoms with van der Waals surface area (Å²) in [6.45, 7) is 5.41. The Morgan fingerprint density at radius 3 is 2.77 bits per heavy atom. The molecule has 4 rings (SSSR count). The Hall–Kier alpha value is -1.50. The minimum absolute atomic E-state index is 0.186. The molecule has 26 heavy (non-hydrogen) atoms. The van der Waals surface area contributed by atoms with Crippen LogP contribution in [0.5, 0.6) is 0 Å². The third kappa shape index (κ3) is 4.08. The molecule has 2 aliphatic rings. The smallest absolute Gasteiger partial charge is 0.231 e. The number of rotatable bonds is 6. The second kappa shape index (κ2) is 8.46. The average molecular weight is 374 g/mol. The molecule has 2 heterocycles. The highest BCUT2D eigenvalue weighted by Crippen LogP contribution is 2.33. The highest BCUT2D eigenvalue weighted by Gasteiger charge is 2.29. The van der Waals surface area contributed by atoms with Crippen LogP contribution in [0.3, 0.4) is 0 Å². The van der Waals surface area contributed by atoms with Gasteiger partial charge < -0.3 is 4.74 Å². The monoisotopic (exact) mass is 373 g/mol. The molecule has 1 saturated heterocycles. The minimum atomic E-state index is 0.186. The van der Waals surface area contributed by atoms with Crippen molar-refractivity contribution in [1.29, 1.82) is 0 Å². The molecule has 1 aliphatic carbocycles. The van der Waals surface area contributed by atoms with E-state index >= 15 is 0 Å². The highest BCUT2D eigenvalue weighted by molar-refractivity contribution is 7.22. The van der Waals surface area contributed by atoms with E-state index in [1.165, 1.54) is 12.8 Å². The van der Waals surface area contributed by atoms with Gasteiger partial charge in [0.25, 0.3) is 0 Å². The maximum atomic E-state index is 13.2. The third-order valence-electron chi connectivity index (χ3n) is 5.44. The lowest BCUT2D eigenvalue weighted by Gasteiger charge is -2.28. The van der Waals surface area contributed by atoms with Crippen LogP contribution in [0.4, 0.5) is 5.13 Å². The summed E-state index contributed by atoms with van der Waals surface area (Å²) in [4.78, 5) is 22.3. The van der Waals surface area contributed by atoms with Crippen LogP contribution in [-0.2, 0) is 9.53 Å². The van der Waals surface area contributed by atoms with Crippen LogP contribution in [0.15, 0.2) is 24.3 Å². The predicted molar refractivity (Wildman–Crippen MR) is 106 cm³/mol. The van der Waals surface area contributed by atoms with Gasteiger partial charge in [0, 0.05) is 32.1 Å². The lowest BCUT2D eigenvalue weighted by molar-refractivity contribution is -0.122. The number of hydrogen-bond donors (Lipinski definition) is 0. The first kappa shape index (κ1) is 17.9. The fourth-order valence-electron chi connectivity index (χ4n) is 3.95.